The van der Waals surface area contributed by atoms with Gasteiger partial charge in [-0.1, -0.05) is 54.6 Å². The highest BCUT2D eigenvalue weighted by atomic mass is 19.1. The van der Waals surface area contributed by atoms with Gasteiger partial charge in [-0.2, -0.15) is 0 Å². The van der Waals surface area contributed by atoms with Crippen LogP contribution in [0.5, 0.6) is 0 Å². The van der Waals surface area contributed by atoms with Crippen LogP contribution in [0.25, 0.3) is 22.4 Å². The molecule has 0 bridgehead atoms. The minimum absolute atomic E-state index is 0.135. The van der Waals surface area contributed by atoms with Gasteiger partial charge in [0, 0.05) is 24.0 Å². The summed E-state index contributed by atoms with van der Waals surface area (Å²) < 4.78 is 13.5. The minimum atomic E-state index is -1.16. The predicted molar refractivity (Wildman–Crippen MR) is 104 cm³/mol. The van der Waals surface area contributed by atoms with Crippen LogP contribution in [0.4, 0.5) is 15.0 Å². The molecular weight excluding hydrogens is 359 g/mol. The van der Waals surface area contributed by atoms with Crippen LogP contribution in [-0.2, 0) is 5.54 Å². The number of hydrogen-bond acceptors (Lipinski definition) is 4. The fourth-order valence-electron chi connectivity index (χ4n) is 3.72. The second-order valence-electron chi connectivity index (χ2n) is 6.99. The molecular formula is C21H19FN4O2. The average Bonchev–Trinajstić information content (AvgIpc) is 2.67. The van der Waals surface area contributed by atoms with Crippen LogP contribution in [0, 0.1) is 0 Å². The molecule has 1 heterocycles. The van der Waals surface area contributed by atoms with Crippen molar-refractivity contribution in [1.29, 1.82) is 0 Å². The first-order chi connectivity index (χ1) is 13.5. The molecule has 0 spiro atoms. The second kappa shape index (κ2) is 6.92. The lowest BCUT2D eigenvalue weighted by molar-refractivity contribution is 0.0640. The van der Waals surface area contributed by atoms with Gasteiger partial charge in [0.25, 0.3) is 0 Å². The second-order valence-corrected chi connectivity index (χ2v) is 6.99. The molecule has 0 saturated heterocycles. The van der Waals surface area contributed by atoms with Gasteiger partial charge >= 0.3 is 6.09 Å². The monoisotopic (exact) mass is 378 g/mol. The SMILES string of the molecule is Nc1cc(-c2ccccc2)c(-c2ccc([C@]3(NC(=O)O)C[C@H](F)C3)cc2)nn1. The number of halogens is 1. The number of aromatic nitrogens is 2. The topological polar surface area (TPSA) is 101 Å². The van der Waals surface area contributed by atoms with Crippen LogP contribution in [0.2, 0.25) is 0 Å². The van der Waals surface area contributed by atoms with Crippen molar-refractivity contribution >= 4 is 11.9 Å². The van der Waals surface area contributed by atoms with Crippen molar-refractivity contribution in [3.8, 4) is 22.4 Å². The van der Waals surface area contributed by atoms with Crippen molar-refractivity contribution in [1.82, 2.24) is 15.5 Å². The van der Waals surface area contributed by atoms with E-state index >= 15 is 0 Å². The minimum Gasteiger partial charge on any atom is -0.465 e. The Morgan fingerprint density at radius 1 is 1.07 bits per heavy atom. The highest BCUT2D eigenvalue weighted by molar-refractivity contribution is 5.81. The number of amides is 1. The van der Waals surface area contributed by atoms with Crippen molar-refractivity contribution in [2.24, 2.45) is 0 Å². The van der Waals surface area contributed by atoms with Crippen LogP contribution in [0.3, 0.4) is 0 Å². The van der Waals surface area contributed by atoms with E-state index in [1.54, 1.807) is 6.07 Å². The van der Waals surface area contributed by atoms with Gasteiger partial charge < -0.3 is 16.2 Å². The molecule has 2 aromatic carbocycles. The van der Waals surface area contributed by atoms with E-state index < -0.39 is 17.8 Å². The summed E-state index contributed by atoms with van der Waals surface area (Å²) in [7, 11) is 0. The van der Waals surface area contributed by atoms with Gasteiger partial charge in [-0.25, -0.2) is 9.18 Å². The van der Waals surface area contributed by atoms with Crippen LogP contribution in [0.15, 0.2) is 60.7 Å². The third kappa shape index (κ3) is 3.26. The number of carboxylic acid groups (broad SMARTS) is 1. The quantitative estimate of drug-likeness (QED) is 0.637. The Kier molecular flexibility index (Phi) is 4.43. The van der Waals surface area contributed by atoms with Gasteiger partial charge in [0.15, 0.2) is 0 Å². The third-order valence-electron chi connectivity index (χ3n) is 5.09. The predicted octanol–water partition coefficient (Wildman–Crippen LogP) is 3.99. The number of nitrogen functional groups attached to an aromatic ring is 1. The van der Waals surface area contributed by atoms with Crippen molar-refractivity contribution in [2.75, 3.05) is 5.73 Å². The first-order valence-electron chi connectivity index (χ1n) is 8.91. The van der Waals surface area contributed by atoms with E-state index in [0.29, 0.717) is 11.5 Å². The highest BCUT2D eigenvalue weighted by Crippen LogP contribution is 2.44. The van der Waals surface area contributed by atoms with Gasteiger partial charge in [0.2, 0.25) is 0 Å². The first-order valence-corrected chi connectivity index (χ1v) is 8.91. The van der Waals surface area contributed by atoms with Gasteiger partial charge in [0.05, 0.1) is 5.54 Å². The summed E-state index contributed by atoms with van der Waals surface area (Å²) in [5.41, 5.74) is 9.00. The largest absolute Gasteiger partial charge is 0.465 e. The molecule has 4 N–H and O–H groups in total. The van der Waals surface area contributed by atoms with E-state index in [1.807, 2.05) is 54.6 Å². The fraction of sp³-hybridized carbons (Fsp3) is 0.190. The summed E-state index contributed by atoms with van der Waals surface area (Å²) >= 11 is 0. The molecule has 1 aliphatic carbocycles. The molecule has 1 amide bonds. The Morgan fingerprint density at radius 3 is 2.36 bits per heavy atom. The standard InChI is InChI=1S/C21H19FN4O2/c22-16-11-21(12-16,24-20(27)28)15-8-6-14(7-9-15)19-17(10-18(23)25-26-19)13-4-2-1-3-5-13/h1-10,16,24H,11-12H2,(H2,23,25)(H,27,28)/t16-,21-. The Hall–Kier alpha value is -3.48. The lowest BCUT2D eigenvalue weighted by Crippen LogP contribution is -2.55. The van der Waals surface area contributed by atoms with Gasteiger partial charge in [-0.3, -0.25) is 0 Å². The summed E-state index contributed by atoms with van der Waals surface area (Å²) in [5, 5.41) is 19.8. The lowest BCUT2D eigenvalue weighted by atomic mass is 9.70. The van der Waals surface area contributed by atoms with Crippen LogP contribution < -0.4 is 11.1 Å². The van der Waals surface area contributed by atoms with Crippen LogP contribution in [0.1, 0.15) is 18.4 Å². The lowest BCUT2D eigenvalue weighted by Gasteiger charge is -2.44. The summed E-state index contributed by atoms with van der Waals surface area (Å²) in [5.74, 6) is 0.326. The number of benzene rings is 2. The fourth-order valence-corrected chi connectivity index (χ4v) is 3.72. The number of nitrogens with zero attached hydrogens (tertiary/aromatic N) is 2. The molecule has 1 saturated carbocycles. The van der Waals surface area contributed by atoms with E-state index in [9.17, 15) is 9.18 Å². The zero-order valence-corrected chi connectivity index (χ0v) is 15.0. The van der Waals surface area contributed by atoms with Crippen molar-refractivity contribution in [3.05, 3.63) is 66.2 Å². The van der Waals surface area contributed by atoms with Crippen LogP contribution >= 0.6 is 0 Å². The number of nitrogens with one attached hydrogen (secondary N) is 1. The number of rotatable bonds is 4. The maximum Gasteiger partial charge on any atom is 0.405 e. The smallest absolute Gasteiger partial charge is 0.405 e. The molecule has 4 rings (SSSR count). The molecule has 1 aliphatic rings. The maximum absolute atomic E-state index is 13.5. The van der Waals surface area contributed by atoms with E-state index in [-0.39, 0.29) is 12.8 Å². The van der Waals surface area contributed by atoms with Crippen molar-refractivity contribution in [2.45, 2.75) is 24.6 Å². The van der Waals surface area contributed by atoms with Gasteiger partial charge in [-0.05, 0) is 17.2 Å². The molecule has 0 atom stereocenters. The van der Waals surface area contributed by atoms with E-state index in [0.717, 1.165) is 22.3 Å². The number of hydrogen-bond donors (Lipinski definition) is 3. The van der Waals surface area contributed by atoms with E-state index in [4.69, 9.17) is 10.8 Å². The number of anilines is 1. The maximum atomic E-state index is 13.5. The summed E-state index contributed by atoms with van der Waals surface area (Å²) in [6, 6.07) is 18.8. The number of alkyl halides is 1. The summed E-state index contributed by atoms with van der Waals surface area (Å²) in [4.78, 5) is 11.1. The molecule has 0 aliphatic heterocycles. The zero-order chi connectivity index (χ0) is 19.7. The van der Waals surface area contributed by atoms with E-state index in [1.165, 1.54) is 0 Å². The molecule has 0 radical (unpaired) electrons. The molecule has 142 valence electrons. The highest BCUT2D eigenvalue weighted by Gasteiger charge is 2.47. The molecule has 3 aromatic rings. The Labute approximate surface area is 161 Å². The third-order valence-corrected chi connectivity index (χ3v) is 5.09. The Morgan fingerprint density at radius 2 is 1.75 bits per heavy atom. The molecule has 1 fully saturated rings. The zero-order valence-electron chi connectivity index (χ0n) is 15.0. The molecule has 1 aromatic heterocycles. The molecule has 28 heavy (non-hydrogen) atoms. The Bertz CT molecular complexity index is 1000. The van der Waals surface area contributed by atoms with Crippen LogP contribution in [-0.4, -0.2) is 27.6 Å². The van der Waals surface area contributed by atoms with Crippen molar-refractivity contribution < 1.29 is 14.3 Å². The number of carbonyl (C=O) groups is 1. The average molecular weight is 378 g/mol. The van der Waals surface area contributed by atoms with Gasteiger partial charge in [0.1, 0.15) is 17.7 Å². The van der Waals surface area contributed by atoms with E-state index in [2.05, 4.69) is 15.5 Å². The molecule has 7 heteroatoms. The first kappa shape index (κ1) is 17.9. The van der Waals surface area contributed by atoms with Gasteiger partial charge in [-0.15, -0.1) is 10.2 Å². The summed E-state index contributed by atoms with van der Waals surface area (Å²) in [6.45, 7) is 0. The summed E-state index contributed by atoms with van der Waals surface area (Å²) in [6.07, 6.45) is -1.89. The normalized spacial score (nSPS) is 21.0. The Balaban J connectivity index is 1.71. The molecule has 6 nitrogen and oxygen atoms in total. The number of nitrogens with two attached hydrogens (primary N) is 1. The van der Waals surface area contributed by atoms with Crippen molar-refractivity contribution in [3.63, 3.8) is 0 Å². The molecule has 0 unspecified atom stereocenters.